The number of carbonyl (C=O) groups excluding carboxylic acids is 1. The molecule has 2 heterocycles. The van der Waals surface area contributed by atoms with Gasteiger partial charge in [0.15, 0.2) is 0 Å². The van der Waals surface area contributed by atoms with Crippen molar-refractivity contribution in [2.45, 2.75) is 46.1 Å². The first-order valence-corrected chi connectivity index (χ1v) is 6.82. The van der Waals surface area contributed by atoms with E-state index in [-0.39, 0.29) is 5.41 Å². The largest absolute Gasteiger partial charge is 0.378 e. The number of rotatable bonds is 3. The van der Waals surface area contributed by atoms with Gasteiger partial charge < -0.3 is 4.74 Å². The lowest BCUT2D eigenvalue weighted by atomic mass is 9.82. The van der Waals surface area contributed by atoms with E-state index in [4.69, 9.17) is 4.74 Å². The Labute approximate surface area is 105 Å². The summed E-state index contributed by atoms with van der Waals surface area (Å²) in [6, 6.07) is 0.661. The van der Waals surface area contributed by atoms with Crippen LogP contribution in [0.5, 0.6) is 0 Å². The fraction of sp³-hybridized carbons (Fsp3) is 0.929. The number of Topliss-reactive ketones (excluding diaryl/α,β-unsaturated/α-hetero) is 1. The maximum absolute atomic E-state index is 12.0. The van der Waals surface area contributed by atoms with Crippen LogP contribution in [0, 0.1) is 11.3 Å². The Morgan fingerprint density at radius 3 is 2.24 bits per heavy atom. The zero-order chi connectivity index (χ0) is 12.5. The molecule has 0 unspecified atom stereocenters. The summed E-state index contributed by atoms with van der Waals surface area (Å²) >= 11 is 0. The van der Waals surface area contributed by atoms with Crippen LogP contribution in [0.2, 0.25) is 0 Å². The normalized spacial score (nSPS) is 24.6. The van der Waals surface area contributed by atoms with Crippen molar-refractivity contribution in [2.75, 3.05) is 26.3 Å². The molecule has 0 aromatic heterocycles. The lowest BCUT2D eigenvalue weighted by Crippen LogP contribution is -2.51. The predicted octanol–water partition coefficient (Wildman–Crippen LogP) is 2.10. The maximum atomic E-state index is 12.0. The van der Waals surface area contributed by atoms with Gasteiger partial charge in [0.05, 0.1) is 19.3 Å². The molecule has 2 saturated heterocycles. The summed E-state index contributed by atoms with van der Waals surface area (Å²) in [4.78, 5) is 14.5. The first-order valence-electron chi connectivity index (χ1n) is 6.82. The van der Waals surface area contributed by atoms with Gasteiger partial charge in [0, 0.05) is 11.8 Å². The fourth-order valence-corrected chi connectivity index (χ4v) is 2.52. The molecule has 0 amide bonds. The standard InChI is InChI=1S/C14H25NO2/c1-14(2,3)13(16)8-11-4-6-15(7-5-11)12-9-17-10-12/h11-12H,4-10H2,1-3H3. The van der Waals surface area contributed by atoms with Crippen LogP contribution in [0.1, 0.15) is 40.0 Å². The van der Waals surface area contributed by atoms with Gasteiger partial charge in [-0.1, -0.05) is 20.8 Å². The second kappa shape index (κ2) is 5.07. The van der Waals surface area contributed by atoms with Crippen LogP contribution in [0.15, 0.2) is 0 Å². The SMILES string of the molecule is CC(C)(C)C(=O)CC1CCN(C2COC2)CC1. The van der Waals surface area contributed by atoms with Gasteiger partial charge in [0.25, 0.3) is 0 Å². The highest BCUT2D eigenvalue weighted by Crippen LogP contribution is 2.27. The summed E-state index contributed by atoms with van der Waals surface area (Å²) < 4.78 is 5.23. The van der Waals surface area contributed by atoms with E-state index in [0.717, 1.165) is 32.7 Å². The number of nitrogens with zero attached hydrogens (tertiary/aromatic N) is 1. The first-order chi connectivity index (χ1) is 7.97. The monoisotopic (exact) mass is 239 g/mol. The van der Waals surface area contributed by atoms with E-state index in [0.29, 0.717) is 17.7 Å². The highest BCUT2D eigenvalue weighted by atomic mass is 16.5. The van der Waals surface area contributed by atoms with Gasteiger partial charge in [0.1, 0.15) is 5.78 Å². The molecule has 0 spiro atoms. The zero-order valence-corrected chi connectivity index (χ0v) is 11.4. The van der Waals surface area contributed by atoms with Crippen molar-refractivity contribution >= 4 is 5.78 Å². The molecular weight excluding hydrogens is 214 g/mol. The number of carbonyl (C=O) groups is 1. The molecule has 0 atom stereocenters. The second-order valence-electron chi connectivity index (χ2n) is 6.55. The van der Waals surface area contributed by atoms with Crippen molar-refractivity contribution in [1.29, 1.82) is 0 Å². The van der Waals surface area contributed by atoms with Gasteiger partial charge in [-0.2, -0.15) is 0 Å². The van der Waals surface area contributed by atoms with Crippen molar-refractivity contribution in [2.24, 2.45) is 11.3 Å². The number of piperidine rings is 1. The predicted molar refractivity (Wildman–Crippen MR) is 68.0 cm³/mol. The minimum Gasteiger partial charge on any atom is -0.378 e. The van der Waals surface area contributed by atoms with E-state index in [2.05, 4.69) is 4.90 Å². The molecule has 2 rings (SSSR count). The van der Waals surface area contributed by atoms with E-state index in [1.54, 1.807) is 0 Å². The van der Waals surface area contributed by atoms with E-state index in [1.807, 2.05) is 20.8 Å². The molecule has 3 nitrogen and oxygen atoms in total. The van der Waals surface area contributed by atoms with Crippen LogP contribution in [-0.4, -0.2) is 43.0 Å². The minimum absolute atomic E-state index is 0.168. The molecule has 0 N–H and O–H groups in total. The van der Waals surface area contributed by atoms with Gasteiger partial charge in [-0.15, -0.1) is 0 Å². The molecule has 0 aromatic carbocycles. The molecule has 0 bridgehead atoms. The van der Waals surface area contributed by atoms with Crippen LogP contribution in [-0.2, 0) is 9.53 Å². The Morgan fingerprint density at radius 1 is 1.24 bits per heavy atom. The number of hydrogen-bond acceptors (Lipinski definition) is 3. The van der Waals surface area contributed by atoms with Crippen LogP contribution in [0.25, 0.3) is 0 Å². The van der Waals surface area contributed by atoms with Gasteiger partial charge in [-0.25, -0.2) is 0 Å². The van der Waals surface area contributed by atoms with E-state index in [1.165, 1.54) is 12.8 Å². The van der Waals surface area contributed by atoms with E-state index < -0.39 is 0 Å². The number of ether oxygens (including phenoxy) is 1. The number of ketones is 1. The van der Waals surface area contributed by atoms with Crippen LogP contribution in [0.3, 0.4) is 0 Å². The van der Waals surface area contributed by atoms with E-state index in [9.17, 15) is 4.79 Å². The smallest absolute Gasteiger partial charge is 0.138 e. The third kappa shape index (κ3) is 3.29. The molecule has 98 valence electrons. The van der Waals surface area contributed by atoms with Gasteiger partial charge in [-0.05, 0) is 31.8 Å². The summed E-state index contributed by atoms with van der Waals surface area (Å²) in [6.07, 6.45) is 3.13. The fourth-order valence-electron chi connectivity index (χ4n) is 2.52. The first kappa shape index (κ1) is 13.0. The summed E-state index contributed by atoms with van der Waals surface area (Å²) in [5, 5.41) is 0. The molecule has 2 aliphatic rings. The van der Waals surface area contributed by atoms with Gasteiger partial charge in [0.2, 0.25) is 0 Å². The zero-order valence-electron chi connectivity index (χ0n) is 11.4. The number of hydrogen-bond donors (Lipinski definition) is 0. The van der Waals surface area contributed by atoms with Crippen molar-refractivity contribution in [3.05, 3.63) is 0 Å². The van der Waals surface area contributed by atoms with Crippen molar-refractivity contribution in [3.8, 4) is 0 Å². The summed E-state index contributed by atoms with van der Waals surface area (Å²) in [5.41, 5.74) is -0.168. The Kier molecular flexibility index (Phi) is 3.88. The highest BCUT2D eigenvalue weighted by molar-refractivity contribution is 5.83. The Morgan fingerprint density at radius 2 is 1.82 bits per heavy atom. The Hall–Kier alpha value is -0.410. The van der Waals surface area contributed by atoms with Gasteiger partial charge in [-0.3, -0.25) is 9.69 Å². The molecular formula is C14H25NO2. The molecule has 17 heavy (non-hydrogen) atoms. The third-order valence-corrected chi connectivity index (χ3v) is 4.10. The average molecular weight is 239 g/mol. The summed E-state index contributed by atoms with van der Waals surface area (Å²) in [6.45, 7) is 10.2. The number of likely N-dealkylation sites (tertiary alicyclic amines) is 1. The Bertz CT molecular complexity index is 270. The van der Waals surface area contributed by atoms with Crippen molar-refractivity contribution in [3.63, 3.8) is 0 Å². The lowest BCUT2D eigenvalue weighted by molar-refractivity contribution is -0.128. The molecule has 3 heteroatoms. The molecule has 0 saturated carbocycles. The second-order valence-corrected chi connectivity index (χ2v) is 6.55. The molecule has 0 aromatic rings. The average Bonchev–Trinajstić information content (AvgIpc) is 2.16. The maximum Gasteiger partial charge on any atom is 0.138 e. The topological polar surface area (TPSA) is 29.5 Å². The molecule has 2 fully saturated rings. The lowest BCUT2D eigenvalue weighted by Gasteiger charge is -2.41. The minimum atomic E-state index is -0.168. The van der Waals surface area contributed by atoms with Crippen LogP contribution in [0.4, 0.5) is 0 Å². The molecule has 0 radical (unpaired) electrons. The Balaban J connectivity index is 1.73. The van der Waals surface area contributed by atoms with Crippen LogP contribution < -0.4 is 0 Å². The van der Waals surface area contributed by atoms with Crippen LogP contribution >= 0.6 is 0 Å². The van der Waals surface area contributed by atoms with Crippen molar-refractivity contribution in [1.82, 2.24) is 4.90 Å². The highest BCUT2D eigenvalue weighted by Gasteiger charge is 2.31. The molecule has 2 aliphatic heterocycles. The quantitative estimate of drug-likeness (QED) is 0.755. The molecule has 0 aliphatic carbocycles. The third-order valence-electron chi connectivity index (χ3n) is 4.10. The van der Waals surface area contributed by atoms with Crippen molar-refractivity contribution < 1.29 is 9.53 Å². The summed E-state index contributed by atoms with van der Waals surface area (Å²) in [5.74, 6) is 1.03. The van der Waals surface area contributed by atoms with E-state index >= 15 is 0 Å². The van der Waals surface area contributed by atoms with Gasteiger partial charge >= 0.3 is 0 Å². The summed E-state index contributed by atoms with van der Waals surface area (Å²) in [7, 11) is 0.